The minimum absolute atomic E-state index is 0. The van der Waals surface area contributed by atoms with Crippen LogP contribution < -0.4 is 69.1 Å². The van der Waals surface area contributed by atoms with Gasteiger partial charge in [0.2, 0.25) is 22.8 Å². The van der Waals surface area contributed by atoms with Gasteiger partial charge in [-0.25, -0.2) is 9.59 Å². The van der Waals surface area contributed by atoms with Gasteiger partial charge in [-0.2, -0.15) is 9.97 Å². The number of nitrogens with zero attached hydrogens (tertiary/aromatic N) is 2. The van der Waals surface area contributed by atoms with E-state index in [0.29, 0.717) is 57.8 Å². The van der Waals surface area contributed by atoms with Crippen LogP contribution in [0.1, 0.15) is 203 Å². The maximum Gasteiger partial charge on any atom is 0.441 e. The zero-order valence-corrected chi connectivity index (χ0v) is 66.6. The molecule has 3 amide bonds. The molecule has 0 radical (unpaired) electrons. The van der Waals surface area contributed by atoms with E-state index in [-0.39, 0.29) is 163 Å². The molecule has 11 N–H and O–H groups in total. The van der Waals surface area contributed by atoms with Crippen LogP contribution in [-0.4, -0.2) is 154 Å². The summed E-state index contributed by atoms with van der Waals surface area (Å²) in [5.74, 6) is 0.0867. The average molecular weight is 1600 g/mol. The van der Waals surface area contributed by atoms with Crippen LogP contribution in [0.4, 0.5) is 5.82 Å². The summed E-state index contributed by atoms with van der Waals surface area (Å²) in [6.45, 7) is 12.9. The SMILES string of the molecule is CC(=O)Cl.C[C@@H](CC1CCCCC1)C(=O)O.C[C@@H]1OCC(=O)[C@H]1NC(=O)[C@@H](C)CC1CCCCC1.C[C@@H]1OCC(=O)[C@H]1NC(=O)[C@@H]([NH3+])CC1CCCCC1.C[C@@H]1OCC(=O)[C@H]1NC(=O)[C@H](CC1CCCCC1)Nc1nc(=O)oc2ccccc12.C[C@@H]1OCC(=O)[C@H]1[NH3+].Cl.O=c1nc(Cl)c2ccccc2o1.[Cl-].[Cl-]. The first-order chi connectivity index (χ1) is 49.6. The van der Waals surface area contributed by atoms with Gasteiger partial charge in [0.05, 0.1) is 35.0 Å². The third kappa shape index (κ3) is 32.4. The second kappa shape index (κ2) is 49.3. The van der Waals surface area contributed by atoms with Crippen molar-refractivity contribution in [3.8, 4) is 0 Å². The minimum atomic E-state index is -0.721. The molecule has 0 bridgehead atoms. The Bertz CT molecular complexity index is 3520. The quantitative estimate of drug-likeness (QED) is 0.0747. The summed E-state index contributed by atoms with van der Waals surface area (Å²) in [7, 11) is 0. The molecule has 4 aliphatic heterocycles. The van der Waals surface area contributed by atoms with E-state index in [2.05, 4.69) is 54.3 Å². The summed E-state index contributed by atoms with van der Waals surface area (Å²) >= 11 is 10.3. The van der Waals surface area contributed by atoms with Crippen LogP contribution in [0.2, 0.25) is 5.15 Å². The number of anilines is 1. The molecule has 12 atom stereocenters. The van der Waals surface area contributed by atoms with E-state index < -0.39 is 41.6 Å². The van der Waals surface area contributed by atoms with E-state index in [1.54, 1.807) is 49.4 Å². The molecule has 600 valence electrons. The van der Waals surface area contributed by atoms with Crippen LogP contribution in [0.25, 0.3) is 21.9 Å². The van der Waals surface area contributed by atoms with Gasteiger partial charge in [-0.3, -0.25) is 43.2 Å². The third-order valence-corrected chi connectivity index (χ3v) is 20.9. The number of aromatic nitrogens is 2. The molecule has 4 aliphatic carbocycles. The summed E-state index contributed by atoms with van der Waals surface area (Å²) in [6, 6.07) is 11.5. The number of Topliss-reactive ketones (excluding diaryl/α,β-unsaturated/α-hetero) is 4. The molecule has 0 spiro atoms. The Balaban J connectivity index is 0.000000342. The highest BCUT2D eigenvalue weighted by Crippen LogP contribution is 2.33. The van der Waals surface area contributed by atoms with Crippen molar-refractivity contribution in [3.05, 3.63) is 74.8 Å². The lowest BCUT2D eigenvalue weighted by Gasteiger charge is -2.28. The lowest BCUT2D eigenvalue weighted by atomic mass is 9.83. The number of quaternary nitrogens is 2. The molecule has 2 aromatic heterocycles. The molecular weight excluding hydrogens is 1490 g/mol. The van der Waals surface area contributed by atoms with E-state index in [1.807, 2.05) is 40.7 Å². The lowest BCUT2D eigenvalue weighted by Crippen LogP contribution is -3.00. The highest BCUT2D eigenvalue weighted by Gasteiger charge is 2.39. The first kappa shape index (κ1) is 95.2. The number of ketones is 4. The van der Waals surface area contributed by atoms with Crippen molar-refractivity contribution in [2.75, 3.05) is 31.7 Å². The molecule has 4 saturated heterocycles. The van der Waals surface area contributed by atoms with Crippen molar-refractivity contribution in [1.82, 2.24) is 25.9 Å². The largest absolute Gasteiger partial charge is 1.00 e. The Kier molecular flexibility index (Phi) is 43.8. The van der Waals surface area contributed by atoms with Crippen molar-refractivity contribution < 1.29 is 112 Å². The van der Waals surface area contributed by atoms with Gasteiger partial charge in [0, 0.05) is 19.3 Å². The number of carbonyl (C=O) groups is 9. The minimum Gasteiger partial charge on any atom is -1.00 e. The number of carboxylic acid groups (broad SMARTS) is 1. The van der Waals surface area contributed by atoms with Crippen molar-refractivity contribution in [2.45, 2.75) is 263 Å². The second-order valence-corrected chi connectivity index (χ2v) is 29.9. The van der Waals surface area contributed by atoms with Crippen LogP contribution in [0.3, 0.4) is 0 Å². The van der Waals surface area contributed by atoms with E-state index in [0.717, 1.165) is 44.9 Å². The van der Waals surface area contributed by atoms with Gasteiger partial charge >= 0.3 is 17.5 Å². The number of carboxylic acids is 1. The number of fused-ring (bicyclic) bond motifs is 2. The number of carbonyl (C=O) groups excluding carboxylic acids is 8. The predicted molar refractivity (Wildman–Crippen MR) is 398 cm³/mol. The Hall–Kier alpha value is -6.04. The normalized spacial score (nSPS) is 24.1. The number of halogens is 5. The number of amides is 3. The summed E-state index contributed by atoms with van der Waals surface area (Å²) in [6.07, 6.45) is 27.3. The molecule has 2 aromatic carbocycles. The third-order valence-electron chi connectivity index (χ3n) is 20.6. The molecule has 0 unspecified atom stereocenters. The second-order valence-electron chi connectivity index (χ2n) is 29.0. The first-order valence-electron chi connectivity index (χ1n) is 37.3. The number of rotatable bonds is 17. The molecule has 4 aromatic rings. The number of para-hydroxylation sites is 2. The Morgan fingerprint density at radius 2 is 0.850 bits per heavy atom. The highest BCUT2D eigenvalue weighted by atomic mass is 35.5. The summed E-state index contributed by atoms with van der Waals surface area (Å²) in [4.78, 5) is 133. The van der Waals surface area contributed by atoms with Crippen molar-refractivity contribution in [2.24, 2.45) is 35.5 Å². The maximum atomic E-state index is 13.2. The van der Waals surface area contributed by atoms with Gasteiger partial charge in [0.15, 0.2) is 29.4 Å². The number of benzene rings is 2. The summed E-state index contributed by atoms with van der Waals surface area (Å²) < 4.78 is 30.7. The number of hydrogen-bond donors (Lipinski definition) is 7. The zero-order valence-electron chi connectivity index (χ0n) is 62.8. The van der Waals surface area contributed by atoms with Crippen LogP contribution in [0.15, 0.2) is 67.0 Å². The number of aliphatic carboxylic acids is 1. The maximum absolute atomic E-state index is 13.2. The zero-order chi connectivity index (χ0) is 76.0. The van der Waals surface area contributed by atoms with Gasteiger partial charge in [-0.05, 0) is 106 Å². The van der Waals surface area contributed by atoms with Crippen LogP contribution in [0, 0.1) is 35.5 Å². The molecular formula is C76H113Cl5N8O18. The fraction of sp³-hybridized carbons (Fsp3) is 0.671. The number of ether oxygens (including phenoxy) is 4. The molecule has 6 heterocycles. The first-order valence-corrected chi connectivity index (χ1v) is 38.1. The van der Waals surface area contributed by atoms with Crippen molar-refractivity contribution >= 4 is 115 Å². The Morgan fingerprint density at radius 3 is 1.23 bits per heavy atom. The standard InChI is InChI=1S/C22H27N3O5.C15H25NO3.C14H24N2O3.C10H18O2.C8H4ClNO2.C5H9NO2.C2H3ClO.3ClH/c1-13-19(17(26)12-29-13)24-21(27)16(11-14-7-3-2-4-8-14)23-20-15-9-5-6-10-18(15)30-22(28)25-20;1-10(8-12-6-4-3-5-7-12)15(18)16-14-11(2)19-9-13(14)17;1-9-13(12(17)8-19-9)16-14(18)11(15)7-10-5-3-2-4-6-10;1-8(10(11)12)7-9-5-3-2-4-6-9;9-7-5-3-1-2-4-6(5)12-8(11)10-7;1-3-5(6)4(7)2-8-3;1-2(3)4;;;/h5-6,9-10,13-14,16,19H,2-4,7-8,11-12H2,1H3,(H,24,27)(H,23,25,28);10-12,14H,3-9H2,1-2H3,(H,16,18);9-11,13H,2-8,15H2,1H3,(H,16,18);8-9H,2-7H2,1H3,(H,11,12);1-4H;3,5H,2,6H2,1H3;1H3;3*1H/t13-,16-,19-;10-,11-,14-;9-,11-,13-;8-;;3-,5-;;;;/m0000.0..../s1. The Morgan fingerprint density at radius 1 is 0.505 bits per heavy atom. The summed E-state index contributed by atoms with van der Waals surface area (Å²) in [5, 5.41) is 21.5. The Labute approximate surface area is 655 Å². The van der Waals surface area contributed by atoms with Crippen LogP contribution >= 0.6 is 35.6 Å². The van der Waals surface area contributed by atoms with Crippen LogP contribution in [0.5, 0.6) is 0 Å². The topological polar surface area (TPSA) is 400 Å². The predicted octanol–water partition coefficient (Wildman–Crippen LogP) is 2.82. The molecule has 8 fully saturated rings. The van der Waals surface area contributed by atoms with E-state index in [9.17, 15) is 52.7 Å². The van der Waals surface area contributed by atoms with E-state index >= 15 is 0 Å². The monoisotopic (exact) mass is 1600 g/mol. The smallest absolute Gasteiger partial charge is 0.441 e. The average Bonchev–Trinajstić information content (AvgIpc) is 1.66. The molecule has 107 heavy (non-hydrogen) atoms. The summed E-state index contributed by atoms with van der Waals surface area (Å²) in [5.41, 5.74) is 8.45. The fourth-order valence-corrected chi connectivity index (χ4v) is 14.6. The lowest BCUT2D eigenvalue weighted by molar-refractivity contribution is -0.411. The molecule has 26 nitrogen and oxygen atoms in total. The van der Waals surface area contributed by atoms with Gasteiger partial charge in [0.1, 0.15) is 78.8 Å². The van der Waals surface area contributed by atoms with Gasteiger partial charge in [-0.15, -0.1) is 12.4 Å². The number of hydrogen-bond acceptors (Lipinski definition) is 20. The highest BCUT2D eigenvalue weighted by molar-refractivity contribution is 6.62. The van der Waals surface area contributed by atoms with Gasteiger partial charge < -0.3 is 90.4 Å². The van der Waals surface area contributed by atoms with Gasteiger partial charge in [0.25, 0.3) is 5.91 Å². The number of nitrogens with one attached hydrogen (secondary N) is 4. The van der Waals surface area contributed by atoms with Crippen molar-refractivity contribution in [1.29, 1.82) is 0 Å². The molecule has 8 aliphatic rings. The van der Waals surface area contributed by atoms with Crippen molar-refractivity contribution in [3.63, 3.8) is 0 Å². The van der Waals surface area contributed by atoms with E-state index in [4.69, 9.17) is 44.5 Å². The van der Waals surface area contributed by atoms with Gasteiger partial charge in [-0.1, -0.05) is 178 Å². The molecule has 31 heteroatoms. The fourth-order valence-electron chi connectivity index (χ4n) is 14.3. The molecule has 12 rings (SSSR count). The molecule has 4 saturated carbocycles. The van der Waals surface area contributed by atoms with E-state index in [1.165, 1.54) is 110 Å². The van der Waals surface area contributed by atoms with Crippen LogP contribution in [-0.2, 0) is 62.1 Å².